The van der Waals surface area contributed by atoms with Gasteiger partial charge in [0.05, 0.1) is 11.3 Å². The minimum absolute atomic E-state index is 0.278. The number of pyridine rings is 1. The molecule has 1 atom stereocenters. The van der Waals surface area contributed by atoms with Crippen molar-refractivity contribution >= 4 is 34.1 Å². The molecular formula is C14H13FN4OS. The molecule has 1 aromatic heterocycles. The summed E-state index contributed by atoms with van der Waals surface area (Å²) in [7, 11) is 0. The minimum Gasteiger partial charge on any atom is -0.319 e. The molecule has 2 aliphatic heterocycles. The van der Waals surface area contributed by atoms with Gasteiger partial charge in [-0.3, -0.25) is 4.79 Å². The average molecular weight is 304 g/mol. The highest BCUT2D eigenvalue weighted by Gasteiger charge is 2.37. The number of halogens is 1. The van der Waals surface area contributed by atoms with Crippen LogP contribution in [0.15, 0.2) is 34.4 Å². The third-order valence-corrected chi connectivity index (χ3v) is 4.34. The summed E-state index contributed by atoms with van der Waals surface area (Å²) in [6, 6.07) is 3.02. The van der Waals surface area contributed by atoms with Crippen molar-refractivity contribution in [1.82, 2.24) is 4.98 Å². The predicted molar refractivity (Wildman–Crippen MR) is 81.7 cm³/mol. The first-order valence-electron chi connectivity index (χ1n) is 6.35. The van der Waals surface area contributed by atoms with Crippen molar-refractivity contribution in [3.05, 3.63) is 35.9 Å². The highest BCUT2D eigenvalue weighted by Crippen LogP contribution is 2.39. The van der Waals surface area contributed by atoms with Crippen LogP contribution in [0.1, 0.15) is 19.4 Å². The van der Waals surface area contributed by atoms with Gasteiger partial charge in [0, 0.05) is 17.2 Å². The molecule has 0 bridgehead atoms. The van der Waals surface area contributed by atoms with Crippen LogP contribution in [0.4, 0.5) is 4.39 Å². The topological polar surface area (TPSA) is 80.7 Å². The van der Waals surface area contributed by atoms with Crippen LogP contribution in [0.25, 0.3) is 4.91 Å². The van der Waals surface area contributed by atoms with Crippen molar-refractivity contribution in [2.75, 3.05) is 0 Å². The van der Waals surface area contributed by atoms with E-state index in [1.54, 1.807) is 26.0 Å². The molecule has 0 spiro atoms. The molecule has 0 saturated carbocycles. The fourth-order valence-corrected chi connectivity index (χ4v) is 3.11. The van der Waals surface area contributed by atoms with E-state index in [1.807, 2.05) is 0 Å². The number of thioether (sulfide) groups is 1. The van der Waals surface area contributed by atoms with Gasteiger partial charge in [0.15, 0.2) is 5.84 Å². The number of allylic oxidation sites excluding steroid dienone is 1. The summed E-state index contributed by atoms with van der Waals surface area (Å²) in [5.74, 6) is -0.519. The molecule has 2 aliphatic rings. The van der Waals surface area contributed by atoms with E-state index < -0.39 is 16.7 Å². The first-order chi connectivity index (χ1) is 9.84. The van der Waals surface area contributed by atoms with Gasteiger partial charge in [0.1, 0.15) is 5.25 Å². The number of aliphatic imine (C=N–C) groups is 2. The Labute approximate surface area is 125 Å². The lowest BCUT2D eigenvalue weighted by Crippen LogP contribution is -2.44. The van der Waals surface area contributed by atoms with Crippen LogP contribution in [0.3, 0.4) is 0 Å². The first kappa shape index (κ1) is 14.1. The van der Waals surface area contributed by atoms with Crippen LogP contribution in [-0.2, 0) is 4.79 Å². The van der Waals surface area contributed by atoms with E-state index in [2.05, 4.69) is 15.0 Å². The van der Waals surface area contributed by atoms with Crippen molar-refractivity contribution < 1.29 is 9.18 Å². The molecule has 3 heterocycles. The zero-order chi connectivity index (χ0) is 15.2. The summed E-state index contributed by atoms with van der Waals surface area (Å²) in [4.78, 5) is 24.8. The van der Waals surface area contributed by atoms with Gasteiger partial charge in [0.2, 0.25) is 5.95 Å². The molecule has 1 unspecified atom stereocenters. The lowest BCUT2D eigenvalue weighted by atomic mass is 10.0. The quantitative estimate of drug-likeness (QED) is 0.845. The van der Waals surface area contributed by atoms with Gasteiger partial charge in [-0.1, -0.05) is 0 Å². The number of rotatable bonds is 2. The molecule has 0 aromatic carbocycles. The normalized spacial score (nSPS) is 21.6. The summed E-state index contributed by atoms with van der Waals surface area (Å²) in [6.07, 6.45) is 3.17. The molecule has 1 aromatic rings. The van der Waals surface area contributed by atoms with E-state index in [9.17, 15) is 9.18 Å². The Morgan fingerprint density at radius 3 is 2.81 bits per heavy atom. The number of carbonyl (C=O) groups excluding carboxylic acids is 1. The highest BCUT2D eigenvalue weighted by molar-refractivity contribution is 8.10. The van der Waals surface area contributed by atoms with Gasteiger partial charge in [-0.25, -0.2) is 9.98 Å². The lowest BCUT2D eigenvalue weighted by Gasteiger charge is -2.22. The summed E-state index contributed by atoms with van der Waals surface area (Å²) in [5, 5.41) is -0.470. The van der Waals surface area contributed by atoms with Crippen LogP contribution in [-0.4, -0.2) is 33.2 Å². The average Bonchev–Trinajstić information content (AvgIpc) is 2.82. The Balaban J connectivity index is 1.98. The Morgan fingerprint density at radius 2 is 2.14 bits per heavy atom. The Hall–Kier alpha value is -1.86. The largest absolute Gasteiger partial charge is 0.319 e. The fourth-order valence-electron chi connectivity index (χ4n) is 2.00. The molecule has 0 fully saturated rings. The predicted octanol–water partition coefficient (Wildman–Crippen LogP) is 1.79. The van der Waals surface area contributed by atoms with E-state index >= 15 is 0 Å². The zero-order valence-electron chi connectivity index (χ0n) is 11.5. The molecule has 1 amide bonds. The second-order valence-electron chi connectivity index (χ2n) is 5.41. The van der Waals surface area contributed by atoms with Gasteiger partial charge in [0.25, 0.3) is 5.91 Å². The monoisotopic (exact) mass is 304 g/mol. The van der Waals surface area contributed by atoms with E-state index in [0.717, 1.165) is 4.91 Å². The standard InChI is InChI=1S/C14H13FN4OS/c1-14(2,16)13-18-8-6-9(21-11(8)12(20)19-13)7-3-4-17-10(15)5-7/h3-6,11H,16H2,1-2H3. The number of hydrogen-bond acceptors (Lipinski definition) is 5. The molecule has 0 saturated heterocycles. The van der Waals surface area contributed by atoms with E-state index in [-0.39, 0.29) is 5.91 Å². The van der Waals surface area contributed by atoms with E-state index in [1.165, 1.54) is 24.0 Å². The van der Waals surface area contributed by atoms with E-state index in [0.29, 0.717) is 17.1 Å². The number of nitrogens with two attached hydrogens (primary N) is 1. The lowest BCUT2D eigenvalue weighted by molar-refractivity contribution is -0.116. The van der Waals surface area contributed by atoms with Crippen molar-refractivity contribution in [2.45, 2.75) is 24.6 Å². The third kappa shape index (κ3) is 2.66. The Bertz CT molecular complexity index is 718. The number of aromatic nitrogens is 1. The number of hydrogen-bond donors (Lipinski definition) is 1. The smallest absolute Gasteiger partial charge is 0.267 e. The van der Waals surface area contributed by atoms with Gasteiger partial charge < -0.3 is 5.73 Å². The molecular weight excluding hydrogens is 291 g/mol. The number of amidine groups is 1. The molecule has 21 heavy (non-hydrogen) atoms. The van der Waals surface area contributed by atoms with Gasteiger partial charge in [-0.15, -0.1) is 11.8 Å². The van der Waals surface area contributed by atoms with Crippen molar-refractivity contribution in [3.8, 4) is 0 Å². The van der Waals surface area contributed by atoms with Gasteiger partial charge in [-0.2, -0.15) is 9.38 Å². The third-order valence-electron chi connectivity index (χ3n) is 3.06. The minimum atomic E-state index is -0.780. The second-order valence-corrected chi connectivity index (χ2v) is 6.55. The fraction of sp³-hybridized carbons (Fsp3) is 0.286. The number of carbonyl (C=O) groups is 1. The van der Waals surface area contributed by atoms with Crippen molar-refractivity contribution in [3.63, 3.8) is 0 Å². The number of nitrogens with zero attached hydrogens (tertiary/aromatic N) is 3. The number of fused-ring (bicyclic) bond motifs is 1. The van der Waals surface area contributed by atoms with Gasteiger partial charge in [-0.05, 0) is 31.6 Å². The van der Waals surface area contributed by atoms with Crippen LogP contribution in [0, 0.1) is 5.95 Å². The first-order valence-corrected chi connectivity index (χ1v) is 7.23. The van der Waals surface area contributed by atoms with Crippen LogP contribution in [0.5, 0.6) is 0 Å². The summed E-state index contributed by atoms with van der Waals surface area (Å²) in [5.41, 5.74) is 6.45. The van der Waals surface area contributed by atoms with Crippen LogP contribution in [0.2, 0.25) is 0 Å². The highest BCUT2D eigenvalue weighted by atomic mass is 32.2. The Morgan fingerprint density at radius 1 is 1.38 bits per heavy atom. The van der Waals surface area contributed by atoms with Crippen LogP contribution >= 0.6 is 11.8 Å². The van der Waals surface area contributed by atoms with Crippen LogP contribution < -0.4 is 5.73 Å². The molecule has 108 valence electrons. The molecule has 7 heteroatoms. The summed E-state index contributed by atoms with van der Waals surface area (Å²) in [6.45, 7) is 3.49. The SMILES string of the molecule is CC(C)(N)C1=NC(=O)C2SC(c3ccnc(F)c3)=CC2=N1. The molecule has 0 radical (unpaired) electrons. The number of amides is 1. The molecule has 2 N–H and O–H groups in total. The second kappa shape index (κ2) is 4.85. The maximum Gasteiger partial charge on any atom is 0.267 e. The zero-order valence-corrected chi connectivity index (χ0v) is 12.3. The van der Waals surface area contributed by atoms with Crippen molar-refractivity contribution in [2.24, 2.45) is 15.7 Å². The summed E-state index contributed by atoms with van der Waals surface area (Å²) >= 11 is 1.32. The maximum atomic E-state index is 13.2. The van der Waals surface area contributed by atoms with Gasteiger partial charge >= 0.3 is 0 Å². The van der Waals surface area contributed by atoms with Crippen molar-refractivity contribution in [1.29, 1.82) is 0 Å². The Kier molecular flexibility index (Phi) is 3.26. The molecule has 0 aliphatic carbocycles. The maximum absolute atomic E-state index is 13.2. The van der Waals surface area contributed by atoms with E-state index in [4.69, 9.17) is 5.73 Å². The molecule has 5 nitrogen and oxygen atoms in total. The molecule has 3 rings (SSSR count). The summed E-state index contributed by atoms with van der Waals surface area (Å²) < 4.78 is 13.2.